The Hall–Kier alpha value is -0.920. The Balaban J connectivity index is 2.31. The van der Waals surface area contributed by atoms with E-state index in [-0.39, 0.29) is 6.04 Å². The van der Waals surface area contributed by atoms with E-state index in [1.54, 1.807) is 18.2 Å². The number of aryl methyl sites for hydroxylation is 2. The van der Waals surface area contributed by atoms with Gasteiger partial charge in [0, 0.05) is 19.1 Å². The van der Waals surface area contributed by atoms with Crippen LogP contribution in [0, 0.1) is 13.8 Å². The Labute approximate surface area is 108 Å². The summed E-state index contributed by atoms with van der Waals surface area (Å²) in [6.07, 6.45) is 1.91. The summed E-state index contributed by atoms with van der Waals surface area (Å²) in [5.74, 6) is 0. The molecular formula is C11H20N4O2S. The second kappa shape index (κ2) is 4.99. The molecule has 0 aromatic carbocycles. The molecule has 102 valence electrons. The van der Waals surface area contributed by atoms with Crippen LogP contribution >= 0.6 is 0 Å². The van der Waals surface area contributed by atoms with Gasteiger partial charge in [-0.15, -0.1) is 0 Å². The first-order chi connectivity index (χ1) is 8.46. The van der Waals surface area contributed by atoms with Crippen LogP contribution in [-0.2, 0) is 10.0 Å². The molecule has 0 aliphatic carbocycles. The van der Waals surface area contributed by atoms with Crippen molar-refractivity contribution in [3.05, 3.63) is 11.4 Å². The molecule has 18 heavy (non-hydrogen) atoms. The molecule has 1 unspecified atom stereocenters. The van der Waals surface area contributed by atoms with Gasteiger partial charge in [-0.1, -0.05) is 0 Å². The van der Waals surface area contributed by atoms with Gasteiger partial charge in [0.05, 0.1) is 11.4 Å². The summed E-state index contributed by atoms with van der Waals surface area (Å²) in [4.78, 5) is 0.333. The predicted octanol–water partition coefficient (Wildman–Crippen LogP) is 0.399. The summed E-state index contributed by atoms with van der Waals surface area (Å²) in [6, 6.07) is 0.237. The predicted molar refractivity (Wildman–Crippen MR) is 68.9 cm³/mol. The van der Waals surface area contributed by atoms with Gasteiger partial charge in [0.15, 0.2) is 0 Å². The minimum Gasteiger partial charge on any atom is -0.316 e. The zero-order chi connectivity index (χ0) is 13.3. The molecule has 7 heteroatoms. The smallest absolute Gasteiger partial charge is 0.246 e. The van der Waals surface area contributed by atoms with E-state index in [0.29, 0.717) is 29.4 Å². The van der Waals surface area contributed by atoms with Crippen LogP contribution in [0.4, 0.5) is 0 Å². The molecule has 0 saturated carbocycles. The third-order valence-electron chi connectivity index (χ3n) is 3.45. The van der Waals surface area contributed by atoms with E-state index in [0.717, 1.165) is 12.8 Å². The number of H-pyrrole nitrogens is 1. The standard InChI is InChI=1S/C11H20N4O2S/c1-8-11(9(2)14-13-8)18(16,17)15-6-4-5-10(7-15)12-3/h10,12H,4-7H2,1-3H3,(H,13,14). The van der Waals surface area contributed by atoms with Crippen LogP contribution in [0.15, 0.2) is 4.90 Å². The fourth-order valence-electron chi connectivity index (χ4n) is 2.45. The Morgan fingerprint density at radius 1 is 1.44 bits per heavy atom. The maximum atomic E-state index is 12.6. The molecule has 1 aromatic heterocycles. The van der Waals surface area contributed by atoms with E-state index >= 15 is 0 Å². The summed E-state index contributed by atoms with van der Waals surface area (Å²) >= 11 is 0. The fourth-order valence-corrected chi connectivity index (χ4v) is 4.30. The molecule has 0 amide bonds. The molecule has 1 aliphatic heterocycles. The number of aromatic amines is 1. The summed E-state index contributed by atoms with van der Waals surface area (Å²) in [7, 11) is -1.55. The minimum atomic E-state index is -3.42. The first kappa shape index (κ1) is 13.5. The zero-order valence-corrected chi connectivity index (χ0v) is 11.8. The number of nitrogens with one attached hydrogen (secondary N) is 2. The van der Waals surface area contributed by atoms with Crippen molar-refractivity contribution in [3.8, 4) is 0 Å². The SMILES string of the molecule is CNC1CCCN(S(=O)(=O)c2c(C)n[nH]c2C)C1. The lowest BCUT2D eigenvalue weighted by atomic mass is 10.1. The van der Waals surface area contributed by atoms with E-state index < -0.39 is 10.0 Å². The van der Waals surface area contributed by atoms with Gasteiger partial charge in [0.25, 0.3) is 0 Å². The largest absolute Gasteiger partial charge is 0.316 e. The summed E-state index contributed by atoms with van der Waals surface area (Å²) in [6.45, 7) is 4.58. The second-order valence-corrected chi connectivity index (χ2v) is 6.63. The number of nitrogens with zero attached hydrogens (tertiary/aromatic N) is 2. The summed E-state index contributed by atoms with van der Waals surface area (Å²) in [5.41, 5.74) is 1.15. The van der Waals surface area contributed by atoms with Gasteiger partial charge in [-0.05, 0) is 33.7 Å². The Morgan fingerprint density at radius 2 is 2.17 bits per heavy atom. The fraction of sp³-hybridized carbons (Fsp3) is 0.727. The highest BCUT2D eigenvalue weighted by Crippen LogP contribution is 2.24. The number of aromatic nitrogens is 2. The average molecular weight is 272 g/mol. The first-order valence-electron chi connectivity index (χ1n) is 6.15. The molecule has 1 saturated heterocycles. The highest BCUT2D eigenvalue weighted by molar-refractivity contribution is 7.89. The van der Waals surface area contributed by atoms with Crippen molar-refractivity contribution in [2.24, 2.45) is 0 Å². The normalized spacial score (nSPS) is 22.3. The first-order valence-corrected chi connectivity index (χ1v) is 7.59. The van der Waals surface area contributed by atoms with Gasteiger partial charge in [-0.2, -0.15) is 9.40 Å². The van der Waals surface area contributed by atoms with Crippen LogP contribution in [0.25, 0.3) is 0 Å². The molecule has 6 nitrogen and oxygen atoms in total. The van der Waals surface area contributed by atoms with E-state index in [9.17, 15) is 8.42 Å². The molecule has 0 bridgehead atoms. The molecule has 1 atom stereocenters. The number of piperidine rings is 1. The average Bonchev–Trinajstić information content (AvgIpc) is 2.69. The maximum absolute atomic E-state index is 12.6. The summed E-state index contributed by atoms with van der Waals surface area (Å²) < 4.78 is 26.7. The Morgan fingerprint density at radius 3 is 2.72 bits per heavy atom. The molecule has 2 rings (SSSR count). The minimum absolute atomic E-state index is 0.237. The maximum Gasteiger partial charge on any atom is 0.246 e. The second-order valence-electron chi connectivity index (χ2n) is 4.75. The number of hydrogen-bond acceptors (Lipinski definition) is 4. The zero-order valence-electron chi connectivity index (χ0n) is 11.0. The van der Waals surface area contributed by atoms with Crippen molar-refractivity contribution >= 4 is 10.0 Å². The molecule has 1 aliphatic rings. The van der Waals surface area contributed by atoms with Crippen molar-refractivity contribution in [1.82, 2.24) is 19.8 Å². The van der Waals surface area contributed by atoms with Crippen molar-refractivity contribution in [2.45, 2.75) is 37.6 Å². The monoisotopic (exact) mass is 272 g/mol. The third kappa shape index (κ3) is 2.30. The molecule has 1 fully saturated rings. The summed E-state index contributed by atoms with van der Waals surface area (Å²) in [5, 5.41) is 9.86. The van der Waals surface area contributed by atoms with E-state index in [1.807, 2.05) is 7.05 Å². The van der Waals surface area contributed by atoms with E-state index in [1.165, 1.54) is 0 Å². The van der Waals surface area contributed by atoms with Gasteiger partial charge in [0.1, 0.15) is 4.90 Å². The quantitative estimate of drug-likeness (QED) is 0.835. The van der Waals surface area contributed by atoms with Crippen molar-refractivity contribution in [3.63, 3.8) is 0 Å². The van der Waals surface area contributed by atoms with E-state index in [2.05, 4.69) is 15.5 Å². The van der Waals surface area contributed by atoms with E-state index in [4.69, 9.17) is 0 Å². The molecule has 0 spiro atoms. The van der Waals surface area contributed by atoms with Gasteiger partial charge < -0.3 is 5.32 Å². The highest BCUT2D eigenvalue weighted by Gasteiger charge is 2.32. The molecule has 0 radical (unpaired) electrons. The van der Waals surface area contributed by atoms with Gasteiger partial charge in [-0.3, -0.25) is 5.10 Å². The van der Waals surface area contributed by atoms with Crippen LogP contribution in [0.5, 0.6) is 0 Å². The van der Waals surface area contributed by atoms with Crippen LogP contribution in [0.3, 0.4) is 0 Å². The topological polar surface area (TPSA) is 78.1 Å². The van der Waals surface area contributed by atoms with Gasteiger partial charge >= 0.3 is 0 Å². The molecule has 2 N–H and O–H groups in total. The molecule has 2 heterocycles. The van der Waals surface area contributed by atoms with Crippen LogP contribution in [0.1, 0.15) is 24.2 Å². The highest BCUT2D eigenvalue weighted by atomic mass is 32.2. The third-order valence-corrected chi connectivity index (χ3v) is 5.58. The molecular weight excluding hydrogens is 252 g/mol. The van der Waals surface area contributed by atoms with Crippen molar-refractivity contribution in [2.75, 3.05) is 20.1 Å². The van der Waals surface area contributed by atoms with Crippen molar-refractivity contribution < 1.29 is 8.42 Å². The molecule has 1 aromatic rings. The van der Waals surface area contributed by atoms with Crippen molar-refractivity contribution in [1.29, 1.82) is 0 Å². The van der Waals surface area contributed by atoms with Gasteiger partial charge in [-0.25, -0.2) is 8.42 Å². The Kier molecular flexibility index (Phi) is 3.74. The van der Waals surface area contributed by atoms with Crippen LogP contribution < -0.4 is 5.32 Å². The van der Waals surface area contributed by atoms with Crippen LogP contribution in [-0.4, -0.2) is 49.1 Å². The number of likely N-dealkylation sites (N-methyl/N-ethyl adjacent to an activating group) is 1. The number of hydrogen-bond donors (Lipinski definition) is 2. The number of rotatable bonds is 3. The van der Waals surface area contributed by atoms with Gasteiger partial charge in [0.2, 0.25) is 10.0 Å². The lowest BCUT2D eigenvalue weighted by Gasteiger charge is -2.31. The lowest BCUT2D eigenvalue weighted by molar-refractivity contribution is 0.292. The number of sulfonamides is 1. The van der Waals surface area contributed by atoms with Crippen LogP contribution in [0.2, 0.25) is 0 Å². The lowest BCUT2D eigenvalue weighted by Crippen LogP contribution is -2.47. The Bertz CT molecular complexity index is 504.